The van der Waals surface area contributed by atoms with Crippen molar-refractivity contribution in [1.29, 1.82) is 0 Å². The summed E-state index contributed by atoms with van der Waals surface area (Å²) in [5.41, 5.74) is 1.31. The van der Waals surface area contributed by atoms with E-state index in [1.807, 2.05) is 66.5 Å². The number of para-hydroxylation sites is 1. The van der Waals surface area contributed by atoms with Crippen LogP contribution in [0.1, 0.15) is 54.3 Å². The number of aromatic nitrogens is 1. The summed E-state index contributed by atoms with van der Waals surface area (Å²) in [6, 6.07) is 18.8. The van der Waals surface area contributed by atoms with Gasteiger partial charge in [0.25, 0.3) is 5.91 Å². The fraction of sp³-hybridized carbons (Fsp3) is 0.308. The fourth-order valence-electron chi connectivity index (χ4n) is 4.45. The first-order valence-electron chi connectivity index (χ1n) is 11.3. The summed E-state index contributed by atoms with van der Waals surface area (Å²) >= 11 is 0. The Morgan fingerprint density at radius 2 is 1.70 bits per heavy atom. The average Bonchev–Trinajstić information content (AvgIpc) is 2.84. The number of fused-ring (bicyclic) bond motifs is 1. The van der Waals surface area contributed by atoms with Crippen molar-refractivity contribution in [3.63, 3.8) is 0 Å². The Labute approximate surface area is 193 Å². The van der Waals surface area contributed by atoms with Crippen molar-refractivity contribution < 1.29 is 14.6 Å². The lowest BCUT2D eigenvalue weighted by Crippen LogP contribution is -2.61. The van der Waals surface area contributed by atoms with Gasteiger partial charge in [-0.25, -0.2) is 0 Å². The largest absolute Gasteiger partial charge is 0.502 e. The summed E-state index contributed by atoms with van der Waals surface area (Å²) in [6.07, 6.45) is 2.75. The Morgan fingerprint density at radius 3 is 2.39 bits per heavy atom. The topological polar surface area (TPSA) is 75.0 Å². The maximum Gasteiger partial charge on any atom is 0.277 e. The quantitative estimate of drug-likeness (QED) is 0.595. The Kier molecular flexibility index (Phi) is 6.40. The van der Waals surface area contributed by atoms with Gasteiger partial charge in [0.05, 0.1) is 6.61 Å². The molecule has 2 heterocycles. The molecule has 7 heteroatoms. The van der Waals surface area contributed by atoms with Crippen LogP contribution in [0.4, 0.5) is 0 Å². The minimum Gasteiger partial charge on any atom is -0.502 e. The third kappa shape index (κ3) is 3.95. The van der Waals surface area contributed by atoms with Crippen LogP contribution in [0.3, 0.4) is 0 Å². The summed E-state index contributed by atoms with van der Waals surface area (Å²) in [7, 11) is 1.70. The van der Waals surface area contributed by atoms with Crippen LogP contribution >= 0.6 is 0 Å². The first kappa shape index (κ1) is 22.5. The number of pyridine rings is 1. The standard InChI is InChI=1S/C26H29N3O4/c1-4-17-33-21-14-10-9-13-19(21)23(18-11-7-6-8-12-18)29-22(5-2)27(3)26(32)24-25(31)20(30)15-16-28(24)29/h6-16,22-23,31H,4-5,17H2,1-3H3/t22-,23+/m0/s1. The van der Waals surface area contributed by atoms with E-state index in [9.17, 15) is 14.7 Å². The molecule has 2 atom stereocenters. The van der Waals surface area contributed by atoms with Gasteiger partial charge in [-0.05, 0) is 24.5 Å². The number of hydrogen-bond acceptors (Lipinski definition) is 5. The van der Waals surface area contributed by atoms with Gasteiger partial charge in [-0.3, -0.25) is 19.3 Å². The highest BCUT2D eigenvalue weighted by Crippen LogP contribution is 2.38. The van der Waals surface area contributed by atoms with E-state index in [2.05, 4.69) is 6.92 Å². The second-order valence-electron chi connectivity index (χ2n) is 8.11. The van der Waals surface area contributed by atoms with Crippen molar-refractivity contribution in [2.24, 2.45) is 0 Å². The molecule has 2 aromatic carbocycles. The van der Waals surface area contributed by atoms with E-state index in [0.717, 1.165) is 23.3 Å². The number of benzene rings is 2. The molecule has 0 aliphatic carbocycles. The highest BCUT2D eigenvalue weighted by atomic mass is 16.5. The molecule has 172 valence electrons. The Hall–Kier alpha value is -3.74. The van der Waals surface area contributed by atoms with Crippen LogP contribution in [-0.4, -0.2) is 40.4 Å². The molecule has 3 aromatic rings. The number of carbonyl (C=O) groups excluding carboxylic acids is 1. The monoisotopic (exact) mass is 447 g/mol. The first-order valence-corrected chi connectivity index (χ1v) is 11.3. The zero-order chi connectivity index (χ0) is 23.5. The van der Waals surface area contributed by atoms with Crippen molar-refractivity contribution in [2.45, 2.75) is 38.9 Å². The molecule has 0 bridgehead atoms. The van der Waals surface area contributed by atoms with Crippen molar-refractivity contribution in [1.82, 2.24) is 9.58 Å². The van der Waals surface area contributed by atoms with Gasteiger partial charge >= 0.3 is 0 Å². The van der Waals surface area contributed by atoms with E-state index in [1.165, 1.54) is 6.07 Å². The molecule has 0 fully saturated rings. The van der Waals surface area contributed by atoms with E-state index in [1.54, 1.807) is 22.8 Å². The highest BCUT2D eigenvalue weighted by molar-refractivity contribution is 5.96. The molecule has 0 saturated carbocycles. The molecule has 7 nitrogen and oxygen atoms in total. The molecule has 0 spiro atoms. The number of aromatic hydroxyl groups is 1. The lowest BCUT2D eigenvalue weighted by molar-refractivity contribution is 0.0611. The van der Waals surface area contributed by atoms with Crippen molar-refractivity contribution in [3.8, 4) is 11.5 Å². The van der Waals surface area contributed by atoms with E-state index in [0.29, 0.717) is 13.0 Å². The third-order valence-corrected chi connectivity index (χ3v) is 6.00. The number of nitrogens with zero attached hydrogens (tertiary/aromatic N) is 3. The minimum absolute atomic E-state index is 0.0393. The fourth-order valence-corrected chi connectivity index (χ4v) is 4.45. The van der Waals surface area contributed by atoms with Crippen LogP contribution in [-0.2, 0) is 0 Å². The molecular weight excluding hydrogens is 418 g/mol. The molecule has 0 unspecified atom stereocenters. The van der Waals surface area contributed by atoms with Crippen LogP contribution in [0.15, 0.2) is 71.7 Å². The molecule has 1 amide bonds. The molecule has 0 radical (unpaired) electrons. The van der Waals surface area contributed by atoms with E-state index < -0.39 is 17.1 Å². The number of carbonyl (C=O) groups is 1. The van der Waals surface area contributed by atoms with Gasteiger partial charge in [0.1, 0.15) is 18.0 Å². The zero-order valence-electron chi connectivity index (χ0n) is 19.1. The summed E-state index contributed by atoms with van der Waals surface area (Å²) in [5, 5.41) is 12.6. The maximum absolute atomic E-state index is 13.2. The lowest BCUT2D eigenvalue weighted by Gasteiger charge is -2.48. The van der Waals surface area contributed by atoms with Crippen molar-refractivity contribution >= 4 is 5.91 Å². The highest BCUT2D eigenvalue weighted by Gasteiger charge is 2.41. The second-order valence-corrected chi connectivity index (χ2v) is 8.11. The van der Waals surface area contributed by atoms with Gasteiger partial charge in [0.2, 0.25) is 5.43 Å². The molecule has 33 heavy (non-hydrogen) atoms. The maximum atomic E-state index is 13.2. The number of hydrogen-bond donors (Lipinski definition) is 1. The summed E-state index contributed by atoms with van der Waals surface area (Å²) in [5.74, 6) is -0.179. The molecule has 1 aliphatic heterocycles. The molecule has 0 saturated heterocycles. The van der Waals surface area contributed by atoms with Gasteiger partial charge in [-0.15, -0.1) is 0 Å². The van der Waals surface area contributed by atoms with Crippen LogP contribution in [0.5, 0.6) is 11.5 Å². The minimum atomic E-state index is -0.583. The van der Waals surface area contributed by atoms with Gasteiger partial charge in [-0.1, -0.05) is 62.4 Å². The third-order valence-electron chi connectivity index (χ3n) is 6.00. The predicted octanol–water partition coefficient (Wildman–Crippen LogP) is 3.89. The van der Waals surface area contributed by atoms with Gasteiger partial charge in [-0.2, -0.15) is 0 Å². The van der Waals surface area contributed by atoms with Crippen molar-refractivity contribution in [3.05, 3.63) is 93.9 Å². The van der Waals surface area contributed by atoms with Crippen LogP contribution in [0.25, 0.3) is 0 Å². The Bertz CT molecular complexity index is 1190. The van der Waals surface area contributed by atoms with Crippen molar-refractivity contribution in [2.75, 3.05) is 18.7 Å². The predicted molar refractivity (Wildman–Crippen MR) is 127 cm³/mol. The number of amides is 1. The molecule has 1 N–H and O–H groups in total. The van der Waals surface area contributed by atoms with Crippen LogP contribution < -0.4 is 15.2 Å². The van der Waals surface area contributed by atoms with E-state index >= 15 is 0 Å². The summed E-state index contributed by atoms with van der Waals surface area (Å²) < 4.78 is 7.74. The normalized spacial score (nSPS) is 16.5. The SMILES string of the molecule is CCCOc1ccccc1[C@@H](c1ccccc1)N1[C@@H](CC)N(C)C(=O)c2c(O)c(=O)ccn21. The second kappa shape index (κ2) is 9.40. The Morgan fingerprint density at radius 1 is 1.00 bits per heavy atom. The van der Waals surface area contributed by atoms with Crippen LogP contribution in [0.2, 0.25) is 0 Å². The van der Waals surface area contributed by atoms with Gasteiger partial charge in [0, 0.05) is 24.9 Å². The number of ether oxygens (including phenoxy) is 1. The molecule has 4 rings (SSSR count). The zero-order valence-corrected chi connectivity index (χ0v) is 19.1. The summed E-state index contributed by atoms with van der Waals surface area (Å²) in [4.78, 5) is 27.0. The van der Waals surface area contributed by atoms with Gasteiger partial charge < -0.3 is 14.7 Å². The van der Waals surface area contributed by atoms with Gasteiger partial charge in [0.15, 0.2) is 11.4 Å². The Balaban J connectivity index is 2.00. The average molecular weight is 448 g/mol. The lowest BCUT2D eigenvalue weighted by atomic mass is 9.95. The van der Waals surface area contributed by atoms with E-state index in [-0.39, 0.29) is 17.9 Å². The molecular formula is C26H29N3O4. The number of rotatable bonds is 7. The van der Waals surface area contributed by atoms with E-state index in [4.69, 9.17) is 4.74 Å². The first-order chi connectivity index (χ1) is 16.0. The molecule has 1 aromatic heterocycles. The summed E-state index contributed by atoms with van der Waals surface area (Å²) in [6.45, 7) is 4.65. The molecule has 1 aliphatic rings. The smallest absolute Gasteiger partial charge is 0.277 e. The van der Waals surface area contributed by atoms with Crippen LogP contribution in [0, 0.1) is 0 Å².